The van der Waals surface area contributed by atoms with E-state index in [-0.39, 0.29) is 0 Å². The largest absolute Gasteiger partial charge is 0.141 e. The van der Waals surface area contributed by atoms with Gasteiger partial charge in [-0.25, -0.2) is 0 Å². The van der Waals surface area contributed by atoms with E-state index in [1.54, 1.807) is 0 Å². The minimum atomic E-state index is -2.05. The molecule has 0 aliphatic heterocycles. The van der Waals surface area contributed by atoms with Crippen molar-refractivity contribution in [2.45, 2.75) is 98.3 Å². The van der Waals surface area contributed by atoms with Crippen molar-refractivity contribution in [3.8, 4) is 0 Å². The molecule has 0 rings (SSSR count). The summed E-state index contributed by atoms with van der Waals surface area (Å²) < 4.78 is 0. The highest BCUT2D eigenvalue weighted by molar-refractivity contribution is 6.72. The highest BCUT2D eigenvalue weighted by Gasteiger charge is 2.48. The molecular weight excluding hydrogens is 289 g/mol. The van der Waals surface area contributed by atoms with E-state index in [1.807, 2.05) is 0 Å². The standard InChI is InChI=1S/C16H25B9/c1-2-3-4-5-6-7-8-9-10-11-12-13(17,18)14(19,20)15(21,22)16(23,24)25/h2-12H2,1H3. The zero-order chi connectivity index (χ0) is 19.8. The summed E-state index contributed by atoms with van der Waals surface area (Å²) in [5.41, 5.74) is 0. The molecule has 116 valence electrons. The molecule has 0 aliphatic carbocycles. The maximum atomic E-state index is 6.09. The zero-order valence-electron chi connectivity index (χ0n) is 16.0. The summed E-state index contributed by atoms with van der Waals surface area (Å²) in [5, 5.41) is -7.59. The summed E-state index contributed by atoms with van der Waals surface area (Å²) >= 11 is 0. The Balaban J connectivity index is 4.20. The van der Waals surface area contributed by atoms with E-state index in [0.717, 1.165) is 19.3 Å². The molecule has 9 heteroatoms. The third-order valence-electron chi connectivity index (χ3n) is 5.12. The van der Waals surface area contributed by atoms with Gasteiger partial charge in [-0.2, -0.15) is 0 Å². The van der Waals surface area contributed by atoms with Gasteiger partial charge in [0.05, 0.1) is 47.1 Å². The van der Waals surface area contributed by atoms with Crippen molar-refractivity contribution < 1.29 is 0 Å². The van der Waals surface area contributed by atoms with Gasteiger partial charge in [0.2, 0.25) is 0 Å². The van der Waals surface area contributed by atoms with Gasteiger partial charge >= 0.3 is 0 Å². The van der Waals surface area contributed by atoms with E-state index in [0.29, 0.717) is 6.42 Å². The Morgan fingerprint density at radius 1 is 0.480 bits per heavy atom. The SMILES string of the molecule is [B]C([B])([B])C([B])([B])C([B])([B])C([B])([B])CCCCCCCCCCCC. The van der Waals surface area contributed by atoms with Crippen LogP contribution in [0.1, 0.15) is 77.6 Å². The molecular formula is C16H25B9. The van der Waals surface area contributed by atoms with Crippen LogP contribution >= 0.6 is 0 Å². The van der Waals surface area contributed by atoms with Crippen LogP contribution in [0, 0.1) is 0 Å². The van der Waals surface area contributed by atoms with Crippen LogP contribution in [-0.4, -0.2) is 70.6 Å². The Labute approximate surface area is 169 Å². The van der Waals surface area contributed by atoms with E-state index in [2.05, 4.69) is 6.92 Å². The Hall–Kier alpha value is 0.584. The van der Waals surface area contributed by atoms with Crippen molar-refractivity contribution in [2.75, 3.05) is 0 Å². The Bertz CT molecular complexity index is 361. The fourth-order valence-electron chi connectivity index (χ4n) is 2.86. The Morgan fingerprint density at radius 2 is 0.840 bits per heavy atom. The van der Waals surface area contributed by atoms with Crippen LogP contribution in [0.3, 0.4) is 0 Å². The molecule has 0 aromatic carbocycles. The van der Waals surface area contributed by atoms with Gasteiger partial charge < -0.3 is 0 Å². The molecule has 0 aliphatic rings. The first-order chi connectivity index (χ1) is 11.3. The highest BCUT2D eigenvalue weighted by atomic mass is 14.3. The topological polar surface area (TPSA) is 0 Å². The van der Waals surface area contributed by atoms with E-state index >= 15 is 0 Å². The number of rotatable bonds is 14. The summed E-state index contributed by atoms with van der Waals surface area (Å²) in [6.07, 6.45) is 12.2. The normalized spacial score (nSPS) is 13.8. The Kier molecular flexibility index (Phi) is 11.1. The first kappa shape index (κ1) is 25.6. The van der Waals surface area contributed by atoms with E-state index < -0.39 is 20.8 Å². The lowest BCUT2D eigenvalue weighted by Crippen LogP contribution is -2.50. The summed E-state index contributed by atoms with van der Waals surface area (Å²) in [4.78, 5) is 0. The van der Waals surface area contributed by atoms with Gasteiger partial charge in [-0.3, -0.25) is 0 Å². The maximum Gasteiger partial charge on any atom is 0.0608 e. The molecule has 0 nitrogen and oxygen atoms in total. The molecule has 0 saturated carbocycles. The van der Waals surface area contributed by atoms with Gasteiger partial charge in [-0.1, -0.05) is 77.6 Å². The molecule has 0 bridgehead atoms. The predicted octanol–water partition coefficient (Wildman–Crippen LogP) is 2.24. The third-order valence-corrected chi connectivity index (χ3v) is 5.12. The summed E-state index contributed by atoms with van der Waals surface area (Å²) in [6.45, 7) is 2.22. The van der Waals surface area contributed by atoms with Crippen LogP contribution in [0.25, 0.3) is 0 Å². The van der Waals surface area contributed by atoms with E-state index in [9.17, 15) is 0 Å². The van der Waals surface area contributed by atoms with Crippen molar-refractivity contribution in [2.24, 2.45) is 0 Å². The molecule has 0 atom stereocenters. The molecule has 0 aromatic heterocycles. The van der Waals surface area contributed by atoms with Gasteiger partial charge in [0.1, 0.15) is 0 Å². The quantitative estimate of drug-likeness (QED) is 0.341. The lowest BCUT2D eigenvalue weighted by atomic mass is 9.08. The average Bonchev–Trinajstić information content (AvgIpc) is 2.47. The predicted molar refractivity (Wildman–Crippen MR) is 119 cm³/mol. The first-order valence-corrected chi connectivity index (χ1v) is 9.41. The lowest BCUT2D eigenvalue weighted by molar-refractivity contribution is 0.481. The molecule has 25 heavy (non-hydrogen) atoms. The number of hydrogen-bond donors (Lipinski definition) is 0. The highest BCUT2D eigenvalue weighted by Crippen LogP contribution is 2.64. The van der Waals surface area contributed by atoms with Crippen molar-refractivity contribution in [1.82, 2.24) is 0 Å². The van der Waals surface area contributed by atoms with Crippen LogP contribution in [0.5, 0.6) is 0 Å². The molecule has 0 N–H and O–H groups in total. The van der Waals surface area contributed by atoms with Crippen molar-refractivity contribution >= 4 is 70.6 Å². The molecule has 0 fully saturated rings. The van der Waals surface area contributed by atoms with Gasteiger partial charge in [0.25, 0.3) is 0 Å². The average molecular weight is 315 g/mol. The summed E-state index contributed by atoms with van der Waals surface area (Å²) in [5.74, 6) is 0. The minimum Gasteiger partial charge on any atom is -0.141 e. The number of unbranched alkanes of at least 4 members (excludes halogenated alkanes) is 9. The maximum absolute atomic E-state index is 6.09. The first-order valence-electron chi connectivity index (χ1n) is 9.41. The van der Waals surface area contributed by atoms with Crippen LogP contribution in [-0.2, 0) is 0 Å². The minimum absolute atomic E-state index is 0.336. The zero-order valence-corrected chi connectivity index (χ0v) is 16.0. The number of hydrogen-bond acceptors (Lipinski definition) is 0. The van der Waals surface area contributed by atoms with Crippen LogP contribution in [0.15, 0.2) is 0 Å². The summed E-state index contributed by atoms with van der Waals surface area (Å²) in [7, 11) is 52.7. The molecule has 0 amide bonds. The summed E-state index contributed by atoms with van der Waals surface area (Å²) in [6, 6.07) is 0. The van der Waals surface area contributed by atoms with Gasteiger partial charge in [-0.15, -0.1) is 20.8 Å². The lowest BCUT2D eigenvalue weighted by Gasteiger charge is -2.62. The van der Waals surface area contributed by atoms with Crippen molar-refractivity contribution in [3.63, 3.8) is 0 Å². The fraction of sp³-hybridized carbons (Fsp3) is 1.00. The fourth-order valence-corrected chi connectivity index (χ4v) is 2.86. The van der Waals surface area contributed by atoms with Gasteiger partial charge in [0, 0.05) is 23.5 Å². The van der Waals surface area contributed by atoms with Crippen molar-refractivity contribution in [3.05, 3.63) is 0 Å². The molecule has 0 unspecified atom stereocenters. The second-order valence-corrected chi connectivity index (χ2v) is 7.64. The second-order valence-electron chi connectivity index (χ2n) is 7.64. The third kappa shape index (κ3) is 7.61. The second kappa shape index (κ2) is 10.8. The van der Waals surface area contributed by atoms with Crippen LogP contribution in [0.2, 0.25) is 20.8 Å². The van der Waals surface area contributed by atoms with Gasteiger partial charge in [0.15, 0.2) is 0 Å². The smallest absolute Gasteiger partial charge is 0.0608 e. The Morgan fingerprint density at radius 3 is 1.20 bits per heavy atom. The molecule has 0 heterocycles. The van der Waals surface area contributed by atoms with Gasteiger partial charge in [-0.05, 0) is 0 Å². The monoisotopic (exact) mass is 316 g/mol. The van der Waals surface area contributed by atoms with Crippen LogP contribution < -0.4 is 0 Å². The molecule has 0 aromatic rings. The van der Waals surface area contributed by atoms with E-state index in [1.165, 1.54) is 44.9 Å². The molecule has 18 radical (unpaired) electrons. The van der Waals surface area contributed by atoms with Crippen LogP contribution in [0.4, 0.5) is 0 Å². The van der Waals surface area contributed by atoms with Crippen molar-refractivity contribution in [1.29, 1.82) is 0 Å². The van der Waals surface area contributed by atoms with E-state index in [4.69, 9.17) is 70.6 Å². The molecule has 0 spiro atoms. The molecule has 0 saturated heterocycles.